The topological polar surface area (TPSA) is 96.5 Å². The van der Waals surface area contributed by atoms with Crippen LogP contribution in [0.5, 0.6) is 0 Å². The number of benzene rings is 1. The predicted octanol–water partition coefficient (Wildman–Crippen LogP) is -0.231. The van der Waals surface area contributed by atoms with Crippen molar-refractivity contribution in [2.24, 2.45) is 0 Å². The molecule has 112 valence electrons. The lowest BCUT2D eigenvalue weighted by Gasteiger charge is -2.11. The molecule has 0 aliphatic heterocycles. The molecule has 0 saturated heterocycles. The average Bonchev–Trinajstić information content (AvgIpc) is 2.45. The number of hydrogen-bond donors (Lipinski definition) is 3. The number of para-hydroxylation sites is 1. The van der Waals surface area contributed by atoms with E-state index in [2.05, 4.69) is 15.4 Å². The summed E-state index contributed by atoms with van der Waals surface area (Å²) >= 11 is 0. The second kappa shape index (κ2) is 7.83. The van der Waals surface area contributed by atoms with Crippen LogP contribution in [0, 0.1) is 0 Å². The van der Waals surface area contributed by atoms with E-state index in [9.17, 15) is 13.2 Å². The van der Waals surface area contributed by atoms with E-state index in [1.807, 2.05) is 0 Å². The highest BCUT2D eigenvalue weighted by Crippen LogP contribution is 2.19. The van der Waals surface area contributed by atoms with Gasteiger partial charge in [-0.2, -0.15) is 0 Å². The third-order valence-electron chi connectivity index (χ3n) is 2.50. The van der Waals surface area contributed by atoms with E-state index >= 15 is 0 Å². The Balaban J connectivity index is 2.64. The first kappa shape index (κ1) is 16.4. The molecule has 1 rings (SSSR count). The monoisotopic (exact) mass is 301 g/mol. The van der Waals surface area contributed by atoms with E-state index in [0.29, 0.717) is 18.8 Å². The lowest BCUT2D eigenvalue weighted by molar-refractivity contribution is -0.120. The Morgan fingerprint density at radius 2 is 2.00 bits per heavy atom. The molecule has 0 heterocycles. The van der Waals surface area contributed by atoms with E-state index in [1.165, 1.54) is 13.2 Å². The van der Waals surface area contributed by atoms with Crippen molar-refractivity contribution < 1.29 is 17.9 Å². The summed E-state index contributed by atoms with van der Waals surface area (Å²) in [6.07, 6.45) is 0. The summed E-state index contributed by atoms with van der Waals surface area (Å²) in [4.78, 5) is 11.5. The number of sulfonamides is 1. The number of rotatable bonds is 8. The van der Waals surface area contributed by atoms with Crippen LogP contribution in [0.15, 0.2) is 29.2 Å². The van der Waals surface area contributed by atoms with E-state index in [0.717, 1.165) is 0 Å². The quantitative estimate of drug-likeness (QED) is 0.576. The smallest absolute Gasteiger partial charge is 0.243 e. The first-order chi connectivity index (χ1) is 9.51. The summed E-state index contributed by atoms with van der Waals surface area (Å²) in [5.74, 6) is -0.410. The fourth-order valence-corrected chi connectivity index (χ4v) is 2.69. The van der Waals surface area contributed by atoms with Crippen molar-refractivity contribution in [3.05, 3.63) is 24.3 Å². The number of nitrogens with one attached hydrogen (secondary N) is 3. The van der Waals surface area contributed by atoms with Crippen LogP contribution in [-0.4, -0.2) is 48.2 Å². The van der Waals surface area contributed by atoms with Gasteiger partial charge < -0.3 is 15.4 Å². The minimum absolute atomic E-state index is 0.104. The molecule has 0 aromatic heterocycles. The summed E-state index contributed by atoms with van der Waals surface area (Å²) < 4.78 is 31.2. The van der Waals surface area contributed by atoms with Crippen molar-refractivity contribution in [1.82, 2.24) is 10.0 Å². The summed E-state index contributed by atoms with van der Waals surface area (Å²) in [6, 6.07) is 6.46. The fraction of sp³-hybridized carbons (Fsp3) is 0.417. The van der Waals surface area contributed by atoms with Crippen molar-refractivity contribution in [3.63, 3.8) is 0 Å². The Morgan fingerprint density at radius 1 is 1.30 bits per heavy atom. The number of amides is 1. The third kappa shape index (κ3) is 4.80. The zero-order valence-electron chi connectivity index (χ0n) is 11.5. The zero-order valence-corrected chi connectivity index (χ0v) is 12.3. The first-order valence-corrected chi connectivity index (χ1v) is 7.51. The van der Waals surface area contributed by atoms with E-state index < -0.39 is 15.9 Å². The minimum Gasteiger partial charge on any atom is -0.387 e. The maximum absolute atomic E-state index is 12.1. The van der Waals surface area contributed by atoms with Crippen LogP contribution in [0.2, 0.25) is 0 Å². The van der Waals surface area contributed by atoms with Gasteiger partial charge in [-0.3, -0.25) is 4.79 Å². The van der Waals surface area contributed by atoms with Gasteiger partial charge in [0.25, 0.3) is 0 Å². The Bertz CT molecular complexity index is 545. The van der Waals surface area contributed by atoms with Gasteiger partial charge in [-0.25, -0.2) is 13.1 Å². The highest BCUT2D eigenvalue weighted by atomic mass is 32.2. The molecule has 8 heteroatoms. The molecule has 0 spiro atoms. The lowest BCUT2D eigenvalue weighted by atomic mass is 10.3. The maximum Gasteiger partial charge on any atom is 0.243 e. The molecule has 3 N–H and O–H groups in total. The molecule has 1 amide bonds. The van der Waals surface area contributed by atoms with Crippen LogP contribution in [-0.2, 0) is 19.6 Å². The van der Waals surface area contributed by atoms with Gasteiger partial charge in [-0.05, 0) is 12.1 Å². The molecule has 0 saturated carbocycles. The molecule has 0 fully saturated rings. The summed E-state index contributed by atoms with van der Waals surface area (Å²) in [6.45, 7) is 0.398. The van der Waals surface area contributed by atoms with Crippen molar-refractivity contribution in [2.45, 2.75) is 4.90 Å². The van der Waals surface area contributed by atoms with E-state index in [-0.39, 0.29) is 11.4 Å². The van der Waals surface area contributed by atoms with Crippen LogP contribution in [0.25, 0.3) is 0 Å². The van der Waals surface area contributed by atoms with Crippen molar-refractivity contribution >= 4 is 21.6 Å². The lowest BCUT2D eigenvalue weighted by Crippen LogP contribution is -2.38. The highest BCUT2D eigenvalue weighted by Gasteiger charge is 2.18. The van der Waals surface area contributed by atoms with Crippen molar-refractivity contribution in [3.8, 4) is 0 Å². The minimum atomic E-state index is -3.73. The van der Waals surface area contributed by atoms with E-state index in [4.69, 9.17) is 4.74 Å². The van der Waals surface area contributed by atoms with Gasteiger partial charge in [0.05, 0.1) is 18.8 Å². The standard InChI is InChI=1S/C12H19N3O4S/c1-13-10-5-3-4-6-11(10)20(17,18)15-9-12(16)14-7-8-19-2/h3-6,13,15H,7-9H2,1-2H3,(H,14,16). The second-order valence-corrected chi connectivity index (χ2v) is 5.65. The number of hydrogen-bond acceptors (Lipinski definition) is 5. The van der Waals surface area contributed by atoms with Gasteiger partial charge in [0.2, 0.25) is 15.9 Å². The molecule has 7 nitrogen and oxygen atoms in total. The summed E-state index contributed by atoms with van der Waals surface area (Å²) in [5.41, 5.74) is 0.472. The van der Waals surface area contributed by atoms with Gasteiger partial charge in [-0.1, -0.05) is 12.1 Å². The number of carbonyl (C=O) groups is 1. The van der Waals surface area contributed by atoms with Gasteiger partial charge in [0, 0.05) is 20.7 Å². The number of carbonyl (C=O) groups excluding carboxylic acids is 1. The van der Waals surface area contributed by atoms with Gasteiger partial charge in [-0.15, -0.1) is 0 Å². The van der Waals surface area contributed by atoms with Gasteiger partial charge in [0.15, 0.2) is 0 Å². The van der Waals surface area contributed by atoms with Crippen LogP contribution >= 0.6 is 0 Å². The summed E-state index contributed by atoms with van der Waals surface area (Å²) in [5, 5.41) is 5.32. The summed E-state index contributed by atoms with van der Waals surface area (Å²) in [7, 11) is -0.585. The van der Waals surface area contributed by atoms with Crippen LogP contribution in [0.3, 0.4) is 0 Å². The molecular weight excluding hydrogens is 282 g/mol. The molecule has 0 aliphatic carbocycles. The molecule has 1 aromatic carbocycles. The predicted molar refractivity (Wildman–Crippen MR) is 76.1 cm³/mol. The highest BCUT2D eigenvalue weighted by molar-refractivity contribution is 7.89. The van der Waals surface area contributed by atoms with Gasteiger partial charge >= 0.3 is 0 Å². The number of ether oxygens (including phenoxy) is 1. The Kier molecular flexibility index (Phi) is 6.43. The first-order valence-electron chi connectivity index (χ1n) is 6.03. The Hall–Kier alpha value is -1.64. The Morgan fingerprint density at radius 3 is 2.65 bits per heavy atom. The average molecular weight is 301 g/mol. The molecule has 0 radical (unpaired) electrons. The largest absolute Gasteiger partial charge is 0.387 e. The third-order valence-corrected chi connectivity index (χ3v) is 3.96. The number of anilines is 1. The molecule has 0 aliphatic rings. The van der Waals surface area contributed by atoms with E-state index in [1.54, 1.807) is 25.2 Å². The molecule has 0 bridgehead atoms. The maximum atomic E-state index is 12.1. The number of methoxy groups -OCH3 is 1. The zero-order chi connectivity index (χ0) is 15.0. The van der Waals surface area contributed by atoms with Crippen LogP contribution in [0.4, 0.5) is 5.69 Å². The molecule has 20 heavy (non-hydrogen) atoms. The van der Waals surface area contributed by atoms with Crippen molar-refractivity contribution in [1.29, 1.82) is 0 Å². The normalized spacial score (nSPS) is 11.1. The fourth-order valence-electron chi connectivity index (χ4n) is 1.50. The molecule has 1 aromatic rings. The van der Waals surface area contributed by atoms with Crippen LogP contribution < -0.4 is 15.4 Å². The SMILES string of the molecule is CNc1ccccc1S(=O)(=O)NCC(=O)NCCOC. The molecular formula is C12H19N3O4S. The Labute approximate surface area is 118 Å². The van der Waals surface area contributed by atoms with Crippen LogP contribution in [0.1, 0.15) is 0 Å². The second-order valence-electron chi connectivity index (χ2n) is 3.91. The van der Waals surface area contributed by atoms with Crippen molar-refractivity contribution in [2.75, 3.05) is 39.2 Å². The van der Waals surface area contributed by atoms with Gasteiger partial charge in [0.1, 0.15) is 4.90 Å². The molecule has 0 unspecified atom stereocenters. The molecule has 0 atom stereocenters.